The smallest absolute Gasteiger partial charge is 0.313 e. The molecule has 0 saturated carbocycles. The van der Waals surface area contributed by atoms with E-state index < -0.39 is 5.97 Å². The van der Waals surface area contributed by atoms with Crippen LogP contribution in [-0.4, -0.2) is 56.5 Å². The molecule has 1 amide bonds. The summed E-state index contributed by atoms with van der Waals surface area (Å²) in [6.45, 7) is 4.43. The molecule has 1 aromatic heterocycles. The molecule has 1 rings (SSSR count). The first-order chi connectivity index (χ1) is 9.32. The van der Waals surface area contributed by atoms with E-state index >= 15 is 0 Å². The highest BCUT2D eigenvalue weighted by atomic mass is 32.2. The minimum Gasteiger partial charge on any atom is -0.481 e. The second kappa shape index (κ2) is 7.28. The van der Waals surface area contributed by atoms with Crippen molar-refractivity contribution in [3.63, 3.8) is 0 Å². The van der Waals surface area contributed by atoms with Crippen LogP contribution < -0.4 is 0 Å². The zero-order chi connectivity index (χ0) is 15.3. The molecule has 0 saturated heterocycles. The van der Waals surface area contributed by atoms with Crippen molar-refractivity contribution in [2.24, 2.45) is 0 Å². The lowest BCUT2D eigenvalue weighted by Crippen LogP contribution is -2.23. The number of nitrogens with zero attached hydrogens (tertiary/aromatic N) is 4. The average molecular weight is 300 g/mol. The van der Waals surface area contributed by atoms with E-state index in [0.29, 0.717) is 18.1 Å². The van der Waals surface area contributed by atoms with Gasteiger partial charge in [-0.05, 0) is 0 Å². The molecule has 0 aliphatic heterocycles. The highest BCUT2D eigenvalue weighted by Gasteiger charge is 2.17. The van der Waals surface area contributed by atoms with Crippen molar-refractivity contribution >= 4 is 23.6 Å². The zero-order valence-electron chi connectivity index (χ0n) is 12.2. The Morgan fingerprint density at radius 1 is 1.35 bits per heavy atom. The molecule has 0 atom stereocenters. The predicted molar refractivity (Wildman–Crippen MR) is 75.8 cm³/mol. The number of carboxylic acid groups (broad SMARTS) is 1. The quantitative estimate of drug-likeness (QED) is 0.757. The van der Waals surface area contributed by atoms with Crippen LogP contribution in [-0.2, 0) is 16.1 Å². The van der Waals surface area contributed by atoms with Gasteiger partial charge in [-0.3, -0.25) is 9.59 Å². The predicted octanol–water partition coefficient (Wildman–Crippen LogP) is 1.06. The van der Waals surface area contributed by atoms with Crippen molar-refractivity contribution in [1.82, 2.24) is 19.7 Å². The number of aliphatic carboxylic acids is 1. The van der Waals surface area contributed by atoms with Gasteiger partial charge in [0.25, 0.3) is 0 Å². The van der Waals surface area contributed by atoms with Crippen LogP contribution in [0.25, 0.3) is 0 Å². The second-order valence-electron chi connectivity index (χ2n) is 4.87. The fraction of sp³-hybridized carbons (Fsp3) is 0.667. The van der Waals surface area contributed by atoms with E-state index in [1.807, 2.05) is 18.4 Å². The first kappa shape index (κ1) is 16.5. The molecule has 1 heterocycles. The summed E-state index contributed by atoms with van der Waals surface area (Å²) in [5, 5.41) is 17.4. The molecule has 8 heteroatoms. The molecule has 112 valence electrons. The van der Waals surface area contributed by atoms with Gasteiger partial charge < -0.3 is 14.6 Å². The number of carbonyl (C=O) groups excluding carboxylic acids is 1. The van der Waals surface area contributed by atoms with Crippen LogP contribution in [0.2, 0.25) is 0 Å². The van der Waals surface area contributed by atoms with E-state index in [1.165, 1.54) is 4.90 Å². The molecule has 20 heavy (non-hydrogen) atoms. The van der Waals surface area contributed by atoms with E-state index in [0.717, 1.165) is 17.6 Å². The van der Waals surface area contributed by atoms with Gasteiger partial charge in [0.05, 0.1) is 5.75 Å². The van der Waals surface area contributed by atoms with Gasteiger partial charge in [-0.15, -0.1) is 10.2 Å². The van der Waals surface area contributed by atoms with E-state index in [2.05, 4.69) is 10.2 Å². The lowest BCUT2D eigenvalue weighted by Gasteiger charge is -2.14. The number of carboxylic acids is 1. The minimum absolute atomic E-state index is 0.0163. The summed E-state index contributed by atoms with van der Waals surface area (Å²) in [5.74, 6) is -0.0270. The molecule has 0 fully saturated rings. The third-order valence-corrected chi connectivity index (χ3v) is 3.59. The highest BCUT2D eigenvalue weighted by Crippen LogP contribution is 2.21. The Labute approximate surface area is 122 Å². The maximum atomic E-state index is 11.7. The Balaban J connectivity index is 2.85. The van der Waals surface area contributed by atoms with E-state index in [4.69, 9.17) is 5.11 Å². The lowest BCUT2D eigenvalue weighted by atomic mass is 10.2. The molecular formula is C12H20N4O3S. The number of hydrogen-bond donors (Lipinski definition) is 1. The normalized spacial score (nSPS) is 10.8. The van der Waals surface area contributed by atoms with Crippen molar-refractivity contribution in [2.75, 3.05) is 19.8 Å². The van der Waals surface area contributed by atoms with Gasteiger partial charge in [0.2, 0.25) is 5.91 Å². The number of amides is 1. The third kappa shape index (κ3) is 4.52. The first-order valence-corrected chi connectivity index (χ1v) is 7.29. The first-order valence-electron chi connectivity index (χ1n) is 6.30. The number of aromatic nitrogens is 3. The Bertz CT molecular complexity index is 485. The van der Waals surface area contributed by atoms with Crippen molar-refractivity contribution in [3.05, 3.63) is 5.82 Å². The molecule has 0 unspecified atom stereocenters. The molecule has 0 aliphatic carbocycles. The SMILES string of the molecule is CC(C)c1nnc(SCC(=O)O)n1CCC(=O)N(C)C. The van der Waals surface area contributed by atoms with E-state index in [1.54, 1.807) is 14.1 Å². The topological polar surface area (TPSA) is 88.3 Å². The highest BCUT2D eigenvalue weighted by molar-refractivity contribution is 7.99. The number of hydrogen-bond acceptors (Lipinski definition) is 5. The maximum absolute atomic E-state index is 11.7. The van der Waals surface area contributed by atoms with Gasteiger partial charge in [-0.2, -0.15) is 0 Å². The van der Waals surface area contributed by atoms with E-state index in [9.17, 15) is 9.59 Å². The van der Waals surface area contributed by atoms with Crippen LogP contribution in [0.4, 0.5) is 0 Å². The molecular weight excluding hydrogens is 280 g/mol. The largest absolute Gasteiger partial charge is 0.481 e. The molecule has 7 nitrogen and oxygen atoms in total. The van der Waals surface area contributed by atoms with Gasteiger partial charge in [-0.25, -0.2) is 0 Å². The van der Waals surface area contributed by atoms with Crippen LogP contribution in [0.1, 0.15) is 32.0 Å². The molecule has 0 aromatic carbocycles. The van der Waals surface area contributed by atoms with Crippen LogP contribution in [0.3, 0.4) is 0 Å². The summed E-state index contributed by atoms with van der Waals surface area (Å²) < 4.78 is 1.83. The van der Waals surface area contributed by atoms with Crippen molar-refractivity contribution < 1.29 is 14.7 Å². The molecule has 0 aliphatic rings. The fourth-order valence-electron chi connectivity index (χ4n) is 1.60. The molecule has 0 radical (unpaired) electrons. The summed E-state index contributed by atoms with van der Waals surface area (Å²) >= 11 is 1.12. The standard InChI is InChI=1S/C12H20N4O3S/c1-8(2)11-13-14-12(20-7-10(18)19)16(11)6-5-9(17)15(3)4/h8H,5-7H2,1-4H3,(H,18,19). The van der Waals surface area contributed by atoms with Crippen molar-refractivity contribution in [3.8, 4) is 0 Å². The maximum Gasteiger partial charge on any atom is 0.313 e. The third-order valence-electron chi connectivity index (χ3n) is 2.63. The molecule has 1 N–H and O–H groups in total. The number of thioether (sulfide) groups is 1. The Kier molecular flexibility index (Phi) is 6.00. The molecule has 0 spiro atoms. The average Bonchev–Trinajstić information content (AvgIpc) is 2.76. The monoisotopic (exact) mass is 300 g/mol. The Morgan fingerprint density at radius 3 is 2.50 bits per heavy atom. The summed E-state index contributed by atoms with van der Waals surface area (Å²) in [4.78, 5) is 23.8. The summed E-state index contributed by atoms with van der Waals surface area (Å²) in [6, 6.07) is 0. The second-order valence-corrected chi connectivity index (χ2v) is 5.81. The van der Waals surface area contributed by atoms with Crippen LogP contribution in [0.15, 0.2) is 5.16 Å². The molecule has 1 aromatic rings. The van der Waals surface area contributed by atoms with Crippen LogP contribution in [0, 0.1) is 0 Å². The fourth-order valence-corrected chi connectivity index (χ4v) is 2.29. The summed E-state index contributed by atoms with van der Waals surface area (Å²) in [5.41, 5.74) is 0. The van der Waals surface area contributed by atoms with Gasteiger partial charge in [0.1, 0.15) is 5.82 Å². The summed E-state index contributed by atoms with van der Waals surface area (Å²) in [7, 11) is 3.41. The van der Waals surface area contributed by atoms with Crippen molar-refractivity contribution in [2.45, 2.75) is 37.9 Å². The number of rotatable bonds is 7. The number of carbonyl (C=O) groups is 2. The zero-order valence-corrected chi connectivity index (χ0v) is 13.0. The van der Waals surface area contributed by atoms with Crippen LogP contribution in [0.5, 0.6) is 0 Å². The molecule has 0 bridgehead atoms. The van der Waals surface area contributed by atoms with Gasteiger partial charge in [0, 0.05) is 33.0 Å². The summed E-state index contributed by atoms with van der Waals surface area (Å²) in [6.07, 6.45) is 0.339. The minimum atomic E-state index is -0.903. The lowest BCUT2D eigenvalue weighted by molar-refractivity contribution is -0.134. The Hall–Kier alpha value is -1.57. The van der Waals surface area contributed by atoms with Gasteiger partial charge in [0.15, 0.2) is 5.16 Å². The van der Waals surface area contributed by atoms with Crippen molar-refractivity contribution in [1.29, 1.82) is 0 Å². The Morgan fingerprint density at radius 2 is 2.00 bits per heavy atom. The van der Waals surface area contributed by atoms with Crippen LogP contribution >= 0.6 is 11.8 Å². The van der Waals surface area contributed by atoms with E-state index in [-0.39, 0.29) is 17.6 Å². The van der Waals surface area contributed by atoms with Gasteiger partial charge in [-0.1, -0.05) is 25.6 Å². The van der Waals surface area contributed by atoms with Gasteiger partial charge >= 0.3 is 5.97 Å².